The van der Waals surface area contributed by atoms with E-state index in [1.807, 2.05) is 20.8 Å². The lowest BCUT2D eigenvalue weighted by atomic mass is 9.88. The average molecular weight is 551 g/mol. The molecule has 0 aliphatic carbocycles. The van der Waals surface area contributed by atoms with Gasteiger partial charge >= 0.3 is 5.69 Å². The zero-order valence-corrected chi connectivity index (χ0v) is 21.3. The van der Waals surface area contributed by atoms with E-state index in [-0.39, 0.29) is 22.7 Å². The lowest BCUT2D eigenvalue weighted by Gasteiger charge is -2.18. The summed E-state index contributed by atoms with van der Waals surface area (Å²) in [6.45, 7) is 5.68. The SMILES string of the molecule is COc1ccc(-n2c(=O)c3c(CC(C)(C)C)c(Br)sc3n(Cc3c(F)cccc3F)c2=O)nn1. The number of aromatic nitrogens is 4. The summed E-state index contributed by atoms with van der Waals surface area (Å²) >= 11 is 4.71. The van der Waals surface area contributed by atoms with Gasteiger partial charge in [0, 0.05) is 11.6 Å². The van der Waals surface area contributed by atoms with Gasteiger partial charge in [-0.25, -0.2) is 18.1 Å². The van der Waals surface area contributed by atoms with Crippen LogP contribution >= 0.6 is 27.3 Å². The fourth-order valence-corrected chi connectivity index (χ4v) is 5.49. The van der Waals surface area contributed by atoms with Gasteiger partial charge in [0.15, 0.2) is 5.82 Å². The van der Waals surface area contributed by atoms with Crippen LogP contribution in [-0.4, -0.2) is 26.4 Å². The largest absolute Gasteiger partial charge is 0.480 e. The van der Waals surface area contributed by atoms with Crippen molar-refractivity contribution in [3.63, 3.8) is 0 Å². The molecule has 34 heavy (non-hydrogen) atoms. The van der Waals surface area contributed by atoms with Crippen LogP contribution in [0.4, 0.5) is 8.78 Å². The number of hydrogen-bond donors (Lipinski definition) is 0. The lowest BCUT2D eigenvalue weighted by molar-refractivity contribution is 0.391. The maximum atomic E-state index is 14.5. The predicted molar refractivity (Wildman–Crippen MR) is 130 cm³/mol. The monoisotopic (exact) mass is 550 g/mol. The summed E-state index contributed by atoms with van der Waals surface area (Å²) < 4.78 is 36.8. The van der Waals surface area contributed by atoms with E-state index >= 15 is 0 Å². The molecule has 0 N–H and O–H groups in total. The molecule has 4 rings (SSSR count). The van der Waals surface area contributed by atoms with E-state index in [0.717, 1.165) is 22.3 Å². The first-order chi connectivity index (χ1) is 16.0. The fraction of sp³-hybridized carbons (Fsp3) is 0.304. The summed E-state index contributed by atoms with van der Waals surface area (Å²) in [5.41, 5.74) is -1.09. The first-order valence-electron chi connectivity index (χ1n) is 10.3. The Morgan fingerprint density at radius 2 is 1.74 bits per heavy atom. The third-order valence-electron chi connectivity index (χ3n) is 5.17. The third kappa shape index (κ3) is 4.41. The first kappa shape index (κ1) is 24.2. The second-order valence-electron chi connectivity index (χ2n) is 8.92. The maximum absolute atomic E-state index is 14.5. The fourth-order valence-electron chi connectivity index (χ4n) is 3.65. The summed E-state index contributed by atoms with van der Waals surface area (Å²) in [6.07, 6.45) is 0.531. The van der Waals surface area contributed by atoms with Crippen molar-refractivity contribution in [2.24, 2.45) is 5.41 Å². The molecule has 0 saturated carbocycles. The molecular weight excluding hydrogens is 530 g/mol. The standard InChI is InChI=1S/C23H21BrF2N4O3S/c1-23(2,3)10-12-18-20(31)30(16-8-9-17(33-4)28-27-16)22(32)29(21(18)34-19(12)24)11-13-14(25)6-5-7-15(13)26/h5-9H,10-11H2,1-4H3. The number of rotatable bonds is 5. The molecule has 0 bridgehead atoms. The van der Waals surface area contributed by atoms with Crippen molar-refractivity contribution in [2.75, 3.05) is 7.11 Å². The minimum absolute atomic E-state index is 0.0236. The van der Waals surface area contributed by atoms with Gasteiger partial charge in [0.25, 0.3) is 5.56 Å². The molecule has 1 aromatic carbocycles. The first-order valence-corrected chi connectivity index (χ1v) is 11.9. The highest BCUT2D eigenvalue weighted by atomic mass is 79.9. The molecule has 11 heteroatoms. The van der Waals surface area contributed by atoms with Crippen LogP contribution in [0, 0.1) is 17.0 Å². The van der Waals surface area contributed by atoms with Gasteiger partial charge in [-0.15, -0.1) is 21.5 Å². The summed E-state index contributed by atoms with van der Waals surface area (Å²) in [7, 11) is 1.42. The van der Waals surface area contributed by atoms with E-state index in [2.05, 4.69) is 26.1 Å². The number of nitrogens with zero attached hydrogens (tertiary/aromatic N) is 4. The predicted octanol–water partition coefficient (Wildman–Crippen LogP) is 4.69. The molecular formula is C23H21BrF2N4O3S. The van der Waals surface area contributed by atoms with Crippen molar-refractivity contribution in [3.05, 3.63) is 77.7 Å². The van der Waals surface area contributed by atoms with Gasteiger partial charge in [-0.1, -0.05) is 26.8 Å². The average Bonchev–Trinajstić information content (AvgIpc) is 3.08. The van der Waals surface area contributed by atoms with Crippen molar-refractivity contribution in [1.29, 1.82) is 0 Å². The Kier molecular flexibility index (Phi) is 6.43. The molecule has 178 valence electrons. The molecule has 0 unspecified atom stereocenters. The van der Waals surface area contributed by atoms with Gasteiger partial charge < -0.3 is 4.74 Å². The molecule has 0 aliphatic rings. The van der Waals surface area contributed by atoms with Crippen LogP contribution in [0.2, 0.25) is 0 Å². The summed E-state index contributed by atoms with van der Waals surface area (Å²) in [5, 5.41) is 8.11. The Labute approximate surface area is 205 Å². The highest BCUT2D eigenvalue weighted by molar-refractivity contribution is 9.11. The molecule has 0 atom stereocenters. The van der Waals surface area contributed by atoms with Crippen LogP contribution in [-0.2, 0) is 13.0 Å². The van der Waals surface area contributed by atoms with Crippen LogP contribution in [0.25, 0.3) is 16.0 Å². The highest BCUT2D eigenvalue weighted by Crippen LogP contribution is 2.37. The molecule has 0 saturated heterocycles. The van der Waals surface area contributed by atoms with Crippen LogP contribution < -0.4 is 16.0 Å². The minimum atomic E-state index is -0.785. The Hall–Kier alpha value is -2.92. The lowest BCUT2D eigenvalue weighted by Crippen LogP contribution is -2.39. The van der Waals surface area contributed by atoms with Crippen LogP contribution in [0.15, 0.2) is 43.7 Å². The number of hydrogen-bond acceptors (Lipinski definition) is 6. The van der Waals surface area contributed by atoms with Crippen molar-refractivity contribution >= 4 is 37.5 Å². The van der Waals surface area contributed by atoms with E-state index in [4.69, 9.17) is 4.74 Å². The van der Waals surface area contributed by atoms with E-state index in [0.29, 0.717) is 20.4 Å². The van der Waals surface area contributed by atoms with Gasteiger partial charge in [-0.3, -0.25) is 9.36 Å². The molecule has 0 radical (unpaired) electrons. The van der Waals surface area contributed by atoms with E-state index in [1.54, 1.807) is 0 Å². The molecule has 0 aliphatic heterocycles. The number of benzene rings is 1. The molecule has 3 aromatic heterocycles. The zero-order chi connectivity index (χ0) is 24.8. The number of ether oxygens (including phenoxy) is 1. The van der Waals surface area contributed by atoms with Gasteiger partial charge in [-0.2, -0.15) is 0 Å². The molecule has 7 nitrogen and oxygen atoms in total. The summed E-state index contributed by atoms with van der Waals surface area (Å²) in [6, 6.07) is 6.41. The van der Waals surface area contributed by atoms with Gasteiger partial charge in [-0.05, 0) is 51.5 Å². The topological polar surface area (TPSA) is 79.0 Å². The van der Waals surface area contributed by atoms with Crippen LogP contribution in [0.5, 0.6) is 5.88 Å². The number of methoxy groups -OCH3 is 1. The molecule has 0 fully saturated rings. The Balaban J connectivity index is 2.08. The molecule has 4 aromatic rings. The van der Waals surface area contributed by atoms with Gasteiger partial charge in [0.05, 0.1) is 22.8 Å². The summed E-state index contributed by atoms with van der Waals surface area (Å²) in [4.78, 5) is 27.5. The van der Waals surface area contributed by atoms with Gasteiger partial charge in [0.2, 0.25) is 5.88 Å². The molecule has 0 spiro atoms. The minimum Gasteiger partial charge on any atom is -0.480 e. The van der Waals surface area contributed by atoms with Crippen molar-refractivity contribution in [2.45, 2.75) is 33.7 Å². The van der Waals surface area contributed by atoms with Gasteiger partial charge in [0.1, 0.15) is 16.5 Å². The van der Waals surface area contributed by atoms with Crippen molar-refractivity contribution < 1.29 is 13.5 Å². The Morgan fingerprint density at radius 3 is 2.29 bits per heavy atom. The second kappa shape index (κ2) is 9.03. The van der Waals surface area contributed by atoms with Crippen molar-refractivity contribution in [1.82, 2.24) is 19.3 Å². The van der Waals surface area contributed by atoms with E-state index < -0.39 is 29.4 Å². The summed E-state index contributed by atoms with van der Waals surface area (Å²) in [5.74, 6) is -1.39. The van der Waals surface area contributed by atoms with E-state index in [9.17, 15) is 18.4 Å². The van der Waals surface area contributed by atoms with Crippen LogP contribution in [0.1, 0.15) is 31.9 Å². The Bertz CT molecular complexity index is 1480. The number of halogens is 3. The number of thiophene rings is 1. The second-order valence-corrected chi connectivity index (χ2v) is 11.2. The quantitative estimate of drug-likeness (QED) is 0.360. The smallest absolute Gasteiger partial charge is 0.338 e. The maximum Gasteiger partial charge on any atom is 0.338 e. The number of fused-ring (bicyclic) bond motifs is 1. The molecule has 3 heterocycles. The zero-order valence-electron chi connectivity index (χ0n) is 18.9. The van der Waals surface area contributed by atoms with Crippen LogP contribution in [0.3, 0.4) is 0 Å². The third-order valence-corrected chi connectivity index (χ3v) is 7.18. The van der Waals surface area contributed by atoms with Crippen molar-refractivity contribution in [3.8, 4) is 11.7 Å². The highest BCUT2D eigenvalue weighted by Gasteiger charge is 2.26. The molecule has 0 amide bonds. The normalized spacial score (nSPS) is 11.9. The van der Waals surface area contributed by atoms with E-state index in [1.165, 1.54) is 41.2 Å². The Morgan fingerprint density at radius 1 is 1.06 bits per heavy atom.